The van der Waals surface area contributed by atoms with Crippen LogP contribution >= 0.6 is 11.8 Å². The number of halogens is 1. The number of aromatic nitrogens is 2. The Morgan fingerprint density at radius 3 is 2.54 bits per heavy atom. The molecule has 2 aromatic heterocycles. The molecule has 37 heavy (non-hydrogen) atoms. The molecule has 1 aliphatic carbocycles. The van der Waals surface area contributed by atoms with E-state index in [2.05, 4.69) is 55.2 Å². The topological polar surface area (TPSA) is 80.1 Å². The third-order valence-electron chi connectivity index (χ3n) is 6.05. The lowest BCUT2D eigenvalue weighted by Crippen LogP contribution is -2.35. The summed E-state index contributed by atoms with van der Waals surface area (Å²) < 4.78 is 25.9. The van der Waals surface area contributed by atoms with Crippen LogP contribution in [0.3, 0.4) is 0 Å². The summed E-state index contributed by atoms with van der Waals surface area (Å²) in [6, 6.07) is 13.3. The average molecular weight is 536 g/mol. The van der Waals surface area contributed by atoms with E-state index in [-0.39, 0.29) is 17.3 Å². The zero-order valence-electron chi connectivity index (χ0n) is 21.8. The Kier molecular flexibility index (Phi) is 8.52. The van der Waals surface area contributed by atoms with Gasteiger partial charge in [0.15, 0.2) is 11.6 Å². The molecule has 1 aromatic carbocycles. The fourth-order valence-corrected chi connectivity index (χ4v) is 6.30. The zero-order valence-corrected chi connectivity index (χ0v) is 23.6. The normalized spacial score (nSPS) is 17.8. The van der Waals surface area contributed by atoms with E-state index < -0.39 is 9.04 Å². The Bertz CT molecular complexity index is 1240. The van der Waals surface area contributed by atoms with Crippen molar-refractivity contribution in [3.8, 4) is 17.6 Å². The van der Waals surface area contributed by atoms with Crippen LogP contribution in [0, 0.1) is 34.4 Å². The van der Waals surface area contributed by atoms with Gasteiger partial charge in [-0.05, 0) is 79.2 Å². The molecule has 0 aliphatic heterocycles. The van der Waals surface area contributed by atoms with Crippen LogP contribution in [0.25, 0.3) is 0 Å². The van der Waals surface area contributed by atoms with Crippen LogP contribution in [0.4, 0.5) is 16.0 Å². The van der Waals surface area contributed by atoms with Crippen LogP contribution in [-0.4, -0.2) is 30.9 Å². The first kappa shape index (κ1) is 27.1. The minimum atomic E-state index is -0.767. The third-order valence-corrected chi connectivity index (χ3v) is 7.93. The molecule has 9 heteroatoms. The van der Waals surface area contributed by atoms with Gasteiger partial charge in [0, 0.05) is 23.0 Å². The summed E-state index contributed by atoms with van der Waals surface area (Å²) in [6.07, 6.45) is 4.78. The molecule has 0 saturated heterocycles. The summed E-state index contributed by atoms with van der Waals surface area (Å²) in [4.78, 5) is 9.86. The van der Waals surface area contributed by atoms with E-state index in [4.69, 9.17) is 14.4 Å². The molecule has 1 aliphatic rings. The number of ether oxygens (including phenoxy) is 1. The van der Waals surface area contributed by atoms with Crippen LogP contribution < -0.4 is 10.1 Å². The molecule has 2 heterocycles. The number of pyridine rings is 2. The highest BCUT2D eigenvalue weighted by Crippen LogP contribution is 2.50. The molecule has 0 spiro atoms. The highest BCUT2D eigenvalue weighted by molar-refractivity contribution is 7.99. The first-order valence-corrected chi connectivity index (χ1v) is 15.7. The summed E-state index contributed by atoms with van der Waals surface area (Å²) >= 11 is 1.76. The van der Waals surface area contributed by atoms with Crippen LogP contribution in [-0.2, 0) is 4.43 Å². The molecule has 1 N–H and O–H groups in total. The van der Waals surface area contributed by atoms with Gasteiger partial charge < -0.3 is 14.5 Å². The van der Waals surface area contributed by atoms with Crippen molar-refractivity contribution in [1.82, 2.24) is 9.97 Å². The number of anilines is 2. The average Bonchev–Trinajstić information content (AvgIpc) is 3.63. The quantitative estimate of drug-likeness (QED) is 0.213. The lowest BCUT2D eigenvalue weighted by molar-refractivity contribution is 0.0628. The van der Waals surface area contributed by atoms with E-state index in [9.17, 15) is 4.39 Å². The van der Waals surface area contributed by atoms with Gasteiger partial charge in [-0.25, -0.2) is 14.4 Å². The Morgan fingerprint density at radius 1 is 1.16 bits per heavy atom. The minimum Gasteiger partial charge on any atom is -0.453 e. The fraction of sp³-hybridized carbons (Fsp3) is 0.393. The second-order valence-electron chi connectivity index (χ2n) is 10.5. The number of nitriles is 1. The van der Waals surface area contributed by atoms with Gasteiger partial charge in [0.05, 0.1) is 11.7 Å². The zero-order chi connectivity index (χ0) is 26.6. The number of hydrogen-bond donors (Lipinski definition) is 1. The van der Waals surface area contributed by atoms with E-state index in [0.717, 1.165) is 10.6 Å². The number of nitrogens with one attached hydrogen (secondary N) is 1. The first-order valence-electron chi connectivity index (χ1n) is 12.3. The Hall–Kier alpha value is -2.93. The second kappa shape index (κ2) is 11.6. The summed E-state index contributed by atoms with van der Waals surface area (Å²) in [6.45, 7) is 11.2. The Morgan fingerprint density at radius 2 is 1.92 bits per heavy atom. The van der Waals surface area contributed by atoms with E-state index in [1.807, 2.05) is 12.3 Å². The summed E-state index contributed by atoms with van der Waals surface area (Å²) in [5, 5.41) is 12.2. The van der Waals surface area contributed by atoms with Crippen molar-refractivity contribution in [2.45, 2.75) is 51.3 Å². The number of hydrogen-bond acceptors (Lipinski definition) is 7. The molecule has 1 saturated carbocycles. The maximum atomic E-state index is 13.4. The molecular weight excluding hydrogens is 503 g/mol. The maximum Gasteiger partial charge on any atom is 0.205 e. The highest BCUT2D eigenvalue weighted by Gasteiger charge is 2.47. The van der Waals surface area contributed by atoms with Gasteiger partial charge in [0.25, 0.3) is 0 Å². The molecule has 0 bridgehead atoms. The van der Waals surface area contributed by atoms with Crippen molar-refractivity contribution in [3.05, 3.63) is 66.2 Å². The largest absolute Gasteiger partial charge is 0.453 e. The van der Waals surface area contributed by atoms with Crippen molar-refractivity contribution in [3.63, 3.8) is 0 Å². The SMILES string of the molecule is C[Si](C)OC(C1CC1CSc1cnc(Nc2ccc(C#N)cn2)c(Oc2ccc(F)cc2)c1)C(C)(C)C. The van der Waals surface area contributed by atoms with Crippen LogP contribution in [0.2, 0.25) is 13.1 Å². The Balaban J connectivity index is 1.48. The van der Waals surface area contributed by atoms with Crippen molar-refractivity contribution < 1.29 is 13.6 Å². The van der Waals surface area contributed by atoms with Crippen molar-refractivity contribution in [1.29, 1.82) is 5.26 Å². The molecule has 6 nitrogen and oxygen atoms in total. The number of thioether (sulfide) groups is 1. The molecule has 3 aromatic rings. The van der Waals surface area contributed by atoms with Gasteiger partial charge in [-0.3, -0.25) is 0 Å². The van der Waals surface area contributed by atoms with Crippen LogP contribution in [0.1, 0.15) is 32.8 Å². The molecule has 193 valence electrons. The lowest BCUT2D eigenvalue weighted by Gasteiger charge is -2.33. The predicted octanol–water partition coefficient (Wildman–Crippen LogP) is 7.43. The third kappa shape index (κ3) is 7.54. The van der Waals surface area contributed by atoms with Gasteiger partial charge in [0.1, 0.15) is 23.5 Å². The first-order chi connectivity index (χ1) is 17.6. The summed E-state index contributed by atoms with van der Waals surface area (Å²) in [5.41, 5.74) is 0.594. The minimum absolute atomic E-state index is 0.122. The lowest BCUT2D eigenvalue weighted by atomic mass is 9.86. The number of nitrogens with zero attached hydrogens (tertiary/aromatic N) is 3. The summed E-state index contributed by atoms with van der Waals surface area (Å²) in [7, 11) is -0.767. The fourth-order valence-electron chi connectivity index (χ4n) is 4.16. The van der Waals surface area contributed by atoms with Gasteiger partial charge in [0.2, 0.25) is 9.04 Å². The van der Waals surface area contributed by atoms with Gasteiger partial charge in [-0.2, -0.15) is 5.26 Å². The highest BCUT2D eigenvalue weighted by atomic mass is 32.2. The smallest absolute Gasteiger partial charge is 0.205 e. The van der Waals surface area contributed by atoms with E-state index in [1.165, 1.54) is 24.8 Å². The van der Waals surface area contributed by atoms with Gasteiger partial charge in [-0.1, -0.05) is 20.8 Å². The Labute approximate surface area is 224 Å². The van der Waals surface area contributed by atoms with Crippen molar-refractivity contribution in [2.24, 2.45) is 17.3 Å². The van der Waals surface area contributed by atoms with E-state index >= 15 is 0 Å². The monoisotopic (exact) mass is 535 g/mol. The number of rotatable bonds is 10. The van der Waals surface area contributed by atoms with E-state index in [0.29, 0.717) is 40.5 Å². The summed E-state index contributed by atoms with van der Waals surface area (Å²) in [5.74, 6) is 3.88. The van der Waals surface area contributed by atoms with E-state index in [1.54, 1.807) is 36.0 Å². The predicted molar refractivity (Wildman–Crippen MR) is 147 cm³/mol. The van der Waals surface area contributed by atoms with Crippen molar-refractivity contribution >= 4 is 32.4 Å². The molecule has 0 amide bonds. The molecule has 3 unspecified atom stereocenters. The van der Waals surface area contributed by atoms with Gasteiger partial charge >= 0.3 is 0 Å². The molecular formula is C28H32FN4O2SSi. The molecule has 1 radical (unpaired) electrons. The molecule has 1 fully saturated rings. The standard InChI is InChI=1S/C28H32FN4O2SSi/c1-28(2,3)26(35-37(4)5)23-12-19(23)17-36-22-13-24(34-21-9-7-20(29)8-10-21)27(32-16-22)33-25-11-6-18(14-30)15-31-25/h6-11,13,15-16,19,23,26H,12,17H2,1-5H3,(H,31,32,33). The second-order valence-corrected chi connectivity index (χ2v) is 13.7. The van der Waals surface area contributed by atoms with Crippen molar-refractivity contribution in [2.75, 3.05) is 11.1 Å². The van der Waals surface area contributed by atoms with Crippen LogP contribution in [0.15, 0.2) is 59.8 Å². The molecule has 3 atom stereocenters. The number of benzene rings is 1. The van der Waals surface area contributed by atoms with Crippen LogP contribution in [0.5, 0.6) is 11.5 Å². The molecule has 4 rings (SSSR count). The maximum absolute atomic E-state index is 13.4. The van der Waals surface area contributed by atoms with Gasteiger partial charge in [-0.15, -0.1) is 11.8 Å².